The van der Waals surface area contributed by atoms with Crippen LogP contribution < -0.4 is 16.2 Å². The number of aryl methyl sites for hydroxylation is 1. The third kappa shape index (κ3) is 7.11. The van der Waals surface area contributed by atoms with Gasteiger partial charge in [0.1, 0.15) is 0 Å². The Hall–Kier alpha value is -2.04. The third-order valence-corrected chi connectivity index (χ3v) is 3.40. The first-order valence-electron chi connectivity index (χ1n) is 7.82. The molecule has 0 aromatic heterocycles. The second-order valence-corrected chi connectivity index (χ2v) is 6.14. The molecule has 3 N–H and O–H groups in total. The molecule has 122 valence electrons. The molecule has 22 heavy (non-hydrogen) atoms. The van der Waals surface area contributed by atoms with E-state index in [0.29, 0.717) is 11.5 Å². The number of carbonyl (C=O) groups excluding carboxylic acids is 2. The topological polar surface area (TPSA) is 70.2 Å². The number of hydrogen-bond acceptors (Lipinski definition) is 2. The highest BCUT2D eigenvalue weighted by atomic mass is 16.2. The molecule has 1 atom stereocenters. The number of carbonyl (C=O) groups is 2. The molecule has 0 fully saturated rings. The molecule has 0 radical (unpaired) electrons. The highest BCUT2D eigenvalue weighted by Gasteiger charge is 2.09. The molecule has 0 saturated heterocycles. The second-order valence-electron chi connectivity index (χ2n) is 6.14. The molecule has 3 amide bonds. The lowest BCUT2D eigenvalue weighted by Crippen LogP contribution is -2.49. The minimum absolute atomic E-state index is 0.0787. The standard InChI is InChI=1S/C17H27N3O2/c1-12(2)6-5-7-14(4)18-17(22)20-19-16(21)15-10-8-13(3)9-11-15/h8-12,14H,5-7H2,1-4H3,(H,19,21)(H2,18,20,22). The molecule has 1 aromatic rings. The van der Waals surface area contributed by atoms with Gasteiger partial charge in [0.05, 0.1) is 0 Å². The first kappa shape index (κ1) is 18.0. The number of nitrogens with one attached hydrogen (secondary N) is 3. The quantitative estimate of drug-likeness (QED) is 0.707. The maximum absolute atomic E-state index is 11.8. The van der Waals surface area contributed by atoms with Crippen LogP contribution in [0.3, 0.4) is 0 Å². The summed E-state index contributed by atoms with van der Waals surface area (Å²) >= 11 is 0. The molecule has 0 saturated carbocycles. The largest absolute Gasteiger partial charge is 0.334 e. The summed E-state index contributed by atoms with van der Waals surface area (Å²) in [5, 5.41) is 2.80. The van der Waals surface area contributed by atoms with Crippen LogP contribution in [0, 0.1) is 12.8 Å². The van der Waals surface area contributed by atoms with Crippen LogP contribution in [-0.4, -0.2) is 18.0 Å². The van der Waals surface area contributed by atoms with E-state index in [2.05, 4.69) is 30.0 Å². The summed E-state index contributed by atoms with van der Waals surface area (Å²) < 4.78 is 0. The molecule has 1 unspecified atom stereocenters. The first-order chi connectivity index (χ1) is 10.4. The monoisotopic (exact) mass is 305 g/mol. The molecule has 1 rings (SSSR count). The number of benzene rings is 1. The van der Waals surface area contributed by atoms with Crippen LogP contribution in [0.25, 0.3) is 0 Å². The molecule has 5 nitrogen and oxygen atoms in total. The van der Waals surface area contributed by atoms with Crippen molar-refractivity contribution in [1.29, 1.82) is 0 Å². The van der Waals surface area contributed by atoms with Gasteiger partial charge in [-0.1, -0.05) is 44.4 Å². The van der Waals surface area contributed by atoms with Crippen molar-refractivity contribution in [1.82, 2.24) is 16.2 Å². The zero-order valence-electron chi connectivity index (χ0n) is 13.9. The smallest absolute Gasteiger partial charge is 0.333 e. The van der Waals surface area contributed by atoms with E-state index in [1.54, 1.807) is 12.1 Å². The fourth-order valence-corrected chi connectivity index (χ4v) is 2.05. The Kier molecular flexibility index (Phi) is 7.43. The number of amides is 3. The molecular formula is C17H27N3O2. The predicted molar refractivity (Wildman–Crippen MR) is 88.5 cm³/mol. The van der Waals surface area contributed by atoms with Gasteiger partial charge in [0, 0.05) is 11.6 Å². The van der Waals surface area contributed by atoms with E-state index < -0.39 is 6.03 Å². The van der Waals surface area contributed by atoms with E-state index in [1.807, 2.05) is 26.0 Å². The van der Waals surface area contributed by atoms with Crippen molar-refractivity contribution in [2.24, 2.45) is 5.92 Å². The van der Waals surface area contributed by atoms with Crippen LogP contribution in [0.4, 0.5) is 4.79 Å². The van der Waals surface area contributed by atoms with E-state index in [4.69, 9.17) is 0 Å². The Morgan fingerprint density at radius 2 is 1.64 bits per heavy atom. The number of urea groups is 1. The Bertz CT molecular complexity index is 483. The Morgan fingerprint density at radius 1 is 1.00 bits per heavy atom. The van der Waals surface area contributed by atoms with Gasteiger partial charge in [-0.2, -0.15) is 0 Å². The van der Waals surface area contributed by atoms with Crippen LogP contribution in [0.2, 0.25) is 0 Å². The van der Waals surface area contributed by atoms with Gasteiger partial charge in [-0.05, 0) is 38.3 Å². The van der Waals surface area contributed by atoms with Gasteiger partial charge in [-0.3, -0.25) is 10.2 Å². The summed E-state index contributed by atoms with van der Waals surface area (Å²) in [7, 11) is 0. The molecule has 1 aromatic carbocycles. The summed E-state index contributed by atoms with van der Waals surface area (Å²) in [5.74, 6) is 0.345. The molecule has 0 aliphatic carbocycles. The van der Waals surface area contributed by atoms with E-state index >= 15 is 0 Å². The fraction of sp³-hybridized carbons (Fsp3) is 0.529. The maximum atomic E-state index is 11.8. The van der Waals surface area contributed by atoms with E-state index in [-0.39, 0.29) is 11.9 Å². The highest BCUT2D eigenvalue weighted by molar-refractivity contribution is 5.95. The molecular weight excluding hydrogens is 278 g/mol. The minimum Gasteiger partial charge on any atom is -0.334 e. The molecule has 0 bridgehead atoms. The van der Waals surface area contributed by atoms with E-state index in [0.717, 1.165) is 24.8 Å². The third-order valence-electron chi connectivity index (χ3n) is 3.40. The zero-order chi connectivity index (χ0) is 16.5. The predicted octanol–water partition coefficient (Wildman–Crippen LogP) is 3.15. The van der Waals surface area contributed by atoms with Crippen LogP contribution in [0.5, 0.6) is 0 Å². The van der Waals surface area contributed by atoms with Crippen LogP contribution >= 0.6 is 0 Å². The SMILES string of the molecule is Cc1ccc(C(=O)NNC(=O)NC(C)CCCC(C)C)cc1. The van der Waals surface area contributed by atoms with Crippen molar-refractivity contribution in [3.05, 3.63) is 35.4 Å². The number of hydrogen-bond donors (Lipinski definition) is 3. The van der Waals surface area contributed by atoms with Crippen LogP contribution in [0.1, 0.15) is 56.0 Å². The average Bonchev–Trinajstić information content (AvgIpc) is 2.45. The van der Waals surface area contributed by atoms with Gasteiger partial charge in [0.2, 0.25) is 0 Å². The number of hydrazine groups is 1. The Labute approximate surface area is 132 Å². The summed E-state index contributed by atoms with van der Waals surface area (Å²) in [6, 6.07) is 6.84. The first-order valence-corrected chi connectivity index (χ1v) is 7.82. The maximum Gasteiger partial charge on any atom is 0.333 e. The van der Waals surface area contributed by atoms with Crippen molar-refractivity contribution in [2.75, 3.05) is 0 Å². The fourth-order valence-electron chi connectivity index (χ4n) is 2.05. The van der Waals surface area contributed by atoms with E-state index in [1.165, 1.54) is 0 Å². The van der Waals surface area contributed by atoms with Gasteiger partial charge in [0.25, 0.3) is 5.91 Å². The molecule has 0 heterocycles. The van der Waals surface area contributed by atoms with Crippen molar-refractivity contribution >= 4 is 11.9 Å². The summed E-state index contributed by atoms with van der Waals surface area (Å²) in [4.78, 5) is 23.5. The van der Waals surface area contributed by atoms with E-state index in [9.17, 15) is 9.59 Å². The molecule has 0 aliphatic heterocycles. The lowest BCUT2D eigenvalue weighted by molar-refractivity contribution is 0.0936. The van der Waals surface area contributed by atoms with Gasteiger partial charge >= 0.3 is 6.03 Å². The van der Waals surface area contributed by atoms with Gasteiger partial charge in [0.15, 0.2) is 0 Å². The van der Waals surface area contributed by atoms with Crippen LogP contribution in [0.15, 0.2) is 24.3 Å². The van der Waals surface area contributed by atoms with Crippen molar-refractivity contribution in [3.8, 4) is 0 Å². The molecule has 0 aliphatic rings. The summed E-state index contributed by atoms with van der Waals surface area (Å²) in [6.07, 6.45) is 3.16. The van der Waals surface area contributed by atoms with Gasteiger partial charge < -0.3 is 5.32 Å². The van der Waals surface area contributed by atoms with Gasteiger partial charge in [-0.25, -0.2) is 10.2 Å². The van der Waals surface area contributed by atoms with Crippen LogP contribution in [-0.2, 0) is 0 Å². The zero-order valence-corrected chi connectivity index (χ0v) is 13.9. The summed E-state index contributed by atoms with van der Waals surface area (Å²) in [6.45, 7) is 8.28. The molecule has 0 spiro atoms. The summed E-state index contributed by atoms with van der Waals surface area (Å²) in [5.41, 5.74) is 6.36. The lowest BCUT2D eigenvalue weighted by atomic mass is 10.0. The van der Waals surface area contributed by atoms with Crippen molar-refractivity contribution in [3.63, 3.8) is 0 Å². The van der Waals surface area contributed by atoms with Gasteiger partial charge in [-0.15, -0.1) is 0 Å². The average molecular weight is 305 g/mol. The Morgan fingerprint density at radius 3 is 2.23 bits per heavy atom. The molecule has 5 heteroatoms. The lowest BCUT2D eigenvalue weighted by Gasteiger charge is -2.15. The normalized spacial score (nSPS) is 11.9. The van der Waals surface area contributed by atoms with Crippen molar-refractivity contribution < 1.29 is 9.59 Å². The Balaban J connectivity index is 2.27. The number of rotatable bonds is 6. The van der Waals surface area contributed by atoms with Crippen molar-refractivity contribution in [2.45, 2.75) is 53.0 Å². The minimum atomic E-state index is -0.391. The highest BCUT2D eigenvalue weighted by Crippen LogP contribution is 2.08. The second kappa shape index (κ2) is 9.07.